The van der Waals surface area contributed by atoms with Crippen LogP contribution in [0.25, 0.3) is 0 Å². The summed E-state index contributed by atoms with van der Waals surface area (Å²) in [5.41, 5.74) is 0.0613. The number of hydrogen-bond donors (Lipinski definition) is 0. The van der Waals surface area contributed by atoms with Gasteiger partial charge in [-0.15, -0.1) is 0 Å². The molecule has 2 aromatic carbocycles. The first-order valence-electron chi connectivity index (χ1n) is 10.4. The van der Waals surface area contributed by atoms with Crippen LogP contribution in [-0.2, 0) is 22.2 Å². The van der Waals surface area contributed by atoms with E-state index in [1.165, 1.54) is 17.0 Å². The summed E-state index contributed by atoms with van der Waals surface area (Å²) in [5.74, 6) is -0.540. The van der Waals surface area contributed by atoms with Crippen molar-refractivity contribution in [2.45, 2.75) is 31.5 Å². The maximum absolute atomic E-state index is 12.9. The summed E-state index contributed by atoms with van der Waals surface area (Å²) in [7, 11) is 0. The highest BCUT2D eigenvalue weighted by Crippen LogP contribution is 2.30. The Balaban J connectivity index is 1.35. The van der Waals surface area contributed by atoms with Crippen LogP contribution in [0.1, 0.15) is 24.0 Å². The fourth-order valence-corrected chi connectivity index (χ4v) is 4.21. The number of amides is 4. The largest absolute Gasteiger partial charge is 0.416 e. The summed E-state index contributed by atoms with van der Waals surface area (Å²) in [6.45, 7) is 0.758. The summed E-state index contributed by atoms with van der Waals surface area (Å²) in [6.07, 6.45) is -3.55. The highest BCUT2D eigenvalue weighted by atomic mass is 19.4. The Hall–Kier alpha value is -3.36. The van der Waals surface area contributed by atoms with Crippen molar-refractivity contribution >= 4 is 23.5 Å². The van der Waals surface area contributed by atoms with Crippen LogP contribution in [0.15, 0.2) is 54.6 Å². The molecule has 0 N–H and O–H groups in total. The lowest BCUT2D eigenvalue weighted by molar-refractivity contribution is -0.138. The minimum atomic E-state index is -4.45. The zero-order chi connectivity index (χ0) is 22.9. The zero-order valence-corrected chi connectivity index (χ0v) is 17.2. The summed E-state index contributed by atoms with van der Waals surface area (Å²) < 4.78 is 38.7. The van der Waals surface area contributed by atoms with E-state index in [0.29, 0.717) is 37.2 Å². The van der Waals surface area contributed by atoms with Gasteiger partial charge in [0.15, 0.2) is 0 Å². The molecule has 0 aromatic heterocycles. The fraction of sp³-hybridized carbons (Fsp3) is 0.348. The van der Waals surface area contributed by atoms with Crippen LogP contribution >= 0.6 is 0 Å². The van der Waals surface area contributed by atoms with E-state index in [1.54, 1.807) is 40.1 Å². The molecule has 4 amide bonds. The third kappa shape index (κ3) is 4.46. The van der Waals surface area contributed by atoms with E-state index in [9.17, 15) is 27.6 Å². The van der Waals surface area contributed by atoms with E-state index in [4.69, 9.17) is 0 Å². The molecule has 2 heterocycles. The maximum atomic E-state index is 12.9. The van der Waals surface area contributed by atoms with Crippen molar-refractivity contribution in [3.05, 3.63) is 65.7 Å². The smallest absolute Gasteiger partial charge is 0.342 e. The number of carbonyl (C=O) groups is 3. The SMILES string of the molecule is O=C(Cc1cccc(C(F)(F)F)c1)N1CCC(N2CC(=O)N(c3ccccc3)C2=O)CC1. The molecule has 2 aliphatic heterocycles. The van der Waals surface area contributed by atoms with Gasteiger partial charge in [-0.2, -0.15) is 13.2 Å². The standard InChI is InChI=1S/C23H22F3N3O3/c24-23(25,26)17-6-4-5-16(13-17)14-20(30)27-11-9-18(10-12-27)28-15-21(31)29(22(28)32)19-7-2-1-3-8-19/h1-8,13,18H,9-12,14-15H2. The van der Waals surface area contributed by atoms with Crippen molar-refractivity contribution < 1.29 is 27.6 Å². The van der Waals surface area contributed by atoms with Gasteiger partial charge >= 0.3 is 12.2 Å². The quantitative estimate of drug-likeness (QED) is 0.675. The average molecular weight is 445 g/mol. The van der Waals surface area contributed by atoms with Crippen LogP contribution < -0.4 is 4.90 Å². The number of carbonyl (C=O) groups excluding carboxylic acids is 3. The molecule has 2 aromatic rings. The number of piperidine rings is 1. The summed E-state index contributed by atoms with van der Waals surface area (Å²) in [5, 5.41) is 0. The Bertz CT molecular complexity index is 1020. The normalized spacial score (nSPS) is 17.9. The van der Waals surface area contributed by atoms with Crippen LogP contribution in [0.3, 0.4) is 0 Å². The van der Waals surface area contributed by atoms with Gasteiger partial charge in [0.25, 0.3) is 5.91 Å². The summed E-state index contributed by atoms with van der Waals surface area (Å²) in [6, 6.07) is 13.0. The van der Waals surface area contributed by atoms with E-state index < -0.39 is 11.7 Å². The molecule has 168 valence electrons. The van der Waals surface area contributed by atoms with Crippen LogP contribution in [-0.4, -0.2) is 53.3 Å². The third-order valence-corrected chi connectivity index (χ3v) is 5.87. The van der Waals surface area contributed by atoms with E-state index in [0.717, 1.165) is 12.1 Å². The van der Waals surface area contributed by atoms with Crippen molar-refractivity contribution in [2.24, 2.45) is 0 Å². The Kier molecular flexibility index (Phi) is 5.90. The number of benzene rings is 2. The Labute approximate surface area is 183 Å². The van der Waals surface area contributed by atoms with Crippen LogP contribution in [0.2, 0.25) is 0 Å². The number of imide groups is 1. The van der Waals surface area contributed by atoms with Gasteiger partial charge in [0, 0.05) is 19.1 Å². The van der Waals surface area contributed by atoms with Crippen molar-refractivity contribution in [2.75, 3.05) is 24.5 Å². The van der Waals surface area contributed by atoms with Gasteiger partial charge in [-0.1, -0.05) is 36.4 Å². The molecule has 6 nitrogen and oxygen atoms in total. The monoisotopic (exact) mass is 445 g/mol. The summed E-state index contributed by atoms with van der Waals surface area (Å²) >= 11 is 0. The number of anilines is 1. The lowest BCUT2D eigenvalue weighted by atomic mass is 10.0. The van der Waals surface area contributed by atoms with Gasteiger partial charge < -0.3 is 9.80 Å². The minimum absolute atomic E-state index is 0.00340. The number of nitrogens with zero attached hydrogens (tertiary/aromatic N) is 3. The number of alkyl halides is 3. The van der Waals surface area contributed by atoms with E-state index >= 15 is 0 Å². The Morgan fingerprint density at radius 3 is 2.31 bits per heavy atom. The summed E-state index contributed by atoms with van der Waals surface area (Å²) in [4.78, 5) is 42.2. The average Bonchev–Trinajstić information content (AvgIpc) is 3.08. The van der Waals surface area contributed by atoms with Crippen molar-refractivity contribution in [1.29, 1.82) is 0 Å². The van der Waals surface area contributed by atoms with E-state index in [2.05, 4.69) is 0 Å². The van der Waals surface area contributed by atoms with Crippen molar-refractivity contribution in [1.82, 2.24) is 9.80 Å². The Morgan fingerprint density at radius 2 is 1.66 bits per heavy atom. The molecule has 0 radical (unpaired) electrons. The lowest BCUT2D eigenvalue weighted by Gasteiger charge is -2.36. The van der Waals surface area contributed by atoms with Gasteiger partial charge in [0.2, 0.25) is 5.91 Å². The Morgan fingerprint density at radius 1 is 0.969 bits per heavy atom. The molecular formula is C23H22F3N3O3. The number of hydrogen-bond acceptors (Lipinski definition) is 3. The molecule has 0 aliphatic carbocycles. The number of halogens is 3. The second kappa shape index (κ2) is 8.64. The van der Waals surface area contributed by atoms with Gasteiger partial charge in [0.05, 0.1) is 17.7 Å². The molecule has 0 saturated carbocycles. The second-order valence-electron chi connectivity index (χ2n) is 7.96. The number of para-hydroxylation sites is 1. The predicted octanol–water partition coefficient (Wildman–Crippen LogP) is 3.71. The highest BCUT2D eigenvalue weighted by Gasteiger charge is 2.41. The van der Waals surface area contributed by atoms with Crippen molar-refractivity contribution in [3.8, 4) is 0 Å². The molecule has 0 spiro atoms. The predicted molar refractivity (Wildman–Crippen MR) is 111 cm³/mol. The van der Waals surface area contributed by atoms with Gasteiger partial charge in [-0.3, -0.25) is 9.59 Å². The first-order chi connectivity index (χ1) is 15.2. The first kappa shape index (κ1) is 21.9. The molecule has 2 fully saturated rings. The molecule has 0 unspecified atom stereocenters. The molecule has 9 heteroatoms. The maximum Gasteiger partial charge on any atom is 0.416 e. The van der Waals surface area contributed by atoms with Gasteiger partial charge in [-0.25, -0.2) is 9.69 Å². The van der Waals surface area contributed by atoms with Crippen LogP contribution in [0.4, 0.5) is 23.7 Å². The lowest BCUT2D eigenvalue weighted by Crippen LogP contribution is -2.48. The number of urea groups is 1. The minimum Gasteiger partial charge on any atom is -0.342 e. The molecule has 2 aliphatic rings. The van der Waals surface area contributed by atoms with E-state index in [-0.39, 0.29) is 36.9 Å². The molecule has 0 atom stereocenters. The number of rotatable bonds is 4. The first-order valence-corrected chi connectivity index (χ1v) is 10.4. The van der Waals surface area contributed by atoms with Crippen LogP contribution in [0, 0.1) is 0 Å². The second-order valence-corrected chi connectivity index (χ2v) is 7.96. The number of likely N-dealkylation sites (tertiary alicyclic amines) is 1. The third-order valence-electron chi connectivity index (χ3n) is 5.87. The van der Waals surface area contributed by atoms with Gasteiger partial charge in [0.1, 0.15) is 6.54 Å². The highest BCUT2D eigenvalue weighted by molar-refractivity contribution is 6.19. The zero-order valence-electron chi connectivity index (χ0n) is 17.2. The molecule has 2 saturated heterocycles. The van der Waals surface area contributed by atoms with Crippen molar-refractivity contribution in [3.63, 3.8) is 0 Å². The molecular weight excluding hydrogens is 423 g/mol. The molecule has 32 heavy (non-hydrogen) atoms. The van der Waals surface area contributed by atoms with Crippen LogP contribution in [0.5, 0.6) is 0 Å². The van der Waals surface area contributed by atoms with E-state index in [1.807, 2.05) is 0 Å². The molecule has 4 rings (SSSR count). The topological polar surface area (TPSA) is 60.9 Å². The van der Waals surface area contributed by atoms with Gasteiger partial charge in [-0.05, 0) is 36.6 Å². The fourth-order valence-electron chi connectivity index (χ4n) is 4.21. The molecule has 0 bridgehead atoms.